The molecule has 2 aromatic carbocycles. The summed E-state index contributed by atoms with van der Waals surface area (Å²) in [7, 11) is 3.59. The van der Waals surface area contributed by atoms with E-state index in [-0.39, 0.29) is 30.5 Å². The number of aryl methyl sites for hydroxylation is 2. The molecule has 1 heterocycles. The molecule has 8 heteroatoms. The van der Waals surface area contributed by atoms with Crippen molar-refractivity contribution in [1.82, 2.24) is 19.4 Å². The summed E-state index contributed by atoms with van der Waals surface area (Å²) in [6.07, 6.45) is 1.17. The van der Waals surface area contributed by atoms with Gasteiger partial charge in [0.05, 0.1) is 11.0 Å². The van der Waals surface area contributed by atoms with Crippen LogP contribution < -0.4 is 15.7 Å². The van der Waals surface area contributed by atoms with Gasteiger partial charge in [0.15, 0.2) is 0 Å². The molecule has 0 aliphatic carbocycles. The van der Waals surface area contributed by atoms with Gasteiger partial charge in [-0.25, -0.2) is 4.79 Å². The van der Waals surface area contributed by atoms with Gasteiger partial charge in [-0.1, -0.05) is 32.0 Å². The van der Waals surface area contributed by atoms with Crippen molar-refractivity contribution >= 4 is 35.8 Å². The van der Waals surface area contributed by atoms with Gasteiger partial charge < -0.3 is 15.0 Å². The Hall–Kier alpha value is -1.99. The SMILES string of the molecule is CCN(CC)CCCNCc1ccc(OCc2ccc3c(c2)n(C)c(=O)n3C)cc1.Cl.Cl. The molecule has 0 aliphatic heterocycles. The van der Waals surface area contributed by atoms with Crippen molar-refractivity contribution < 1.29 is 4.74 Å². The average Bonchev–Trinajstić information content (AvgIpc) is 2.99. The number of hydrogen-bond acceptors (Lipinski definition) is 4. The molecule has 0 bridgehead atoms. The summed E-state index contributed by atoms with van der Waals surface area (Å²) >= 11 is 0. The maximum atomic E-state index is 12.1. The van der Waals surface area contributed by atoms with Crippen LogP contribution in [0.5, 0.6) is 5.75 Å². The number of benzene rings is 2. The number of ether oxygens (including phenoxy) is 1. The van der Waals surface area contributed by atoms with E-state index < -0.39 is 0 Å². The van der Waals surface area contributed by atoms with Crippen molar-refractivity contribution in [3.63, 3.8) is 0 Å². The third kappa shape index (κ3) is 7.01. The summed E-state index contributed by atoms with van der Waals surface area (Å²) in [4.78, 5) is 14.5. The number of imidazole rings is 1. The van der Waals surface area contributed by atoms with Gasteiger partial charge in [-0.2, -0.15) is 0 Å². The van der Waals surface area contributed by atoms with Gasteiger partial charge in [0, 0.05) is 20.6 Å². The Morgan fingerprint density at radius 1 is 0.906 bits per heavy atom. The third-order valence-corrected chi connectivity index (χ3v) is 5.72. The molecule has 0 saturated carbocycles. The Morgan fingerprint density at radius 2 is 1.53 bits per heavy atom. The number of hydrogen-bond donors (Lipinski definition) is 1. The highest BCUT2D eigenvalue weighted by atomic mass is 35.5. The minimum Gasteiger partial charge on any atom is -0.489 e. The molecule has 1 aromatic heterocycles. The molecule has 0 aliphatic rings. The molecule has 32 heavy (non-hydrogen) atoms. The van der Waals surface area contributed by atoms with Crippen LogP contribution in [0.25, 0.3) is 11.0 Å². The lowest BCUT2D eigenvalue weighted by atomic mass is 10.2. The van der Waals surface area contributed by atoms with E-state index in [1.54, 1.807) is 23.2 Å². The fraction of sp³-hybridized carbons (Fsp3) is 0.458. The summed E-state index contributed by atoms with van der Waals surface area (Å²) in [6, 6.07) is 14.3. The van der Waals surface area contributed by atoms with Crippen molar-refractivity contribution in [1.29, 1.82) is 0 Å². The number of aromatic nitrogens is 2. The van der Waals surface area contributed by atoms with Crippen molar-refractivity contribution in [3.05, 3.63) is 64.1 Å². The first-order chi connectivity index (χ1) is 14.5. The summed E-state index contributed by atoms with van der Waals surface area (Å²) in [6.45, 7) is 10.2. The Balaban J connectivity index is 0.00000256. The smallest absolute Gasteiger partial charge is 0.328 e. The summed E-state index contributed by atoms with van der Waals surface area (Å²) in [5.74, 6) is 0.849. The molecule has 0 fully saturated rings. The highest BCUT2D eigenvalue weighted by Crippen LogP contribution is 2.17. The molecule has 0 amide bonds. The predicted octanol–water partition coefficient (Wildman–Crippen LogP) is 4.12. The molecule has 0 saturated heterocycles. The highest BCUT2D eigenvalue weighted by Gasteiger charge is 2.08. The van der Waals surface area contributed by atoms with Crippen LogP contribution in [0.1, 0.15) is 31.4 Å². The molecule has 3 rings (SSSR count). The van der Waals surface area contributed by atoms with Crippen molar-refractivity contribution in [2.45, 2.75) is 33.4 Å². The molecule has 1 N–H and O–H groups in total. The van der Waals surface area contributed by atoms with Gasteiger partial charge in [0.2, 0.25) is 0 Å². The summed E-state index contributed by atoms with van der Waals surface area (Å²) in [5, 5.41) is 3.51. The lowest BCUT2D eigenvalue weighted by molar-refractivity contribution is 0.298. The Kier molecular flexibility index (Phi) is 11.9. The van der Waals surface area contributed by atoms with E-state index in [9.17, 15) is 4.79 Å². The van der Waals surface area contributed by atoms with E-state index in [0.29, 0.717) is 6.61 Å². The van der Waals surface area contributed by atoms with Crippen LogP contribution in [-0.2, 0) is 27.2 Å². The van der Waals surface area contributed by atoms with Gasteiger partial charge in [-0.05, 0) is 68.0 Å². The molecule has 6 nitrogen and oxygen atoms in total. The number of nitrogens with one attached hydrogen (secondary N) is 1. The van der Waals surface area contributed by atoms with Gasteiger partial charge >= 0.3 is 5.69 Å². The van der Waals surface area contributed by atoms with Crippen LogP contribution in [0.2, 0.25) is 0 Å². The molecular weight excluding hydrogens is 447 g/mol. The quantitative estimate of drug-likeness (QED) is 0.417. The second kappa shape index (κ2) is 13.5. The maximum Gasteiger partial charge on any atom is 0.328 e. The fourth-order valence-corrected chi connectivity index (χ4v) is 3.71. The van der Waals surface area contributed by atoms with E-state index in [1.807, 2.05) is 30.3 Å². The van der Waals surface area contributed by atoms with Crippen LogP contribution >= 0.6 is 24.8 Å². The maximum absolute atomic E-state index is 12.1. The molecule has 0 unspecified atom stereocenters. The molecular formula is C24H36Cl2N4O2. The Labute approximate surface area is 203 Å². The Bertz CT molecular complexity index is 1010. The van der Waals surface area contributed by atoms with Crippen LogP contribution in [-0.4, -0.2) is 40.2 Å². The standard InChI is InChI=1S/C24H34N4O2.2ClH/c1-5-28(6-2)15-7-14-25-17-19-8-11-21(12-9-19)30-18-20-10-13-22-23(16-20)27(4)24(29)26(22)3;;/h8-13,16,25H,5-7,14-15,17-18H2,1-4H3;2*1H. The first-order valence-corrected chi connectivity index (χ1v) is 10.8. The van der Waals surface area contributed by atoms with E-state index >= 15 is 0 Å². The first kappa shape index (κ1) is 28.0. The first-order valence-electron chi connectivity index (χ1n) is 10.8. The van der Waals surface area contributed by atoms with Crippen LogP contribution in [0.4, 0.5) is 0 Å². The molecule has 3 aromatic rings. The molecule has 0 radical (unpaired) electrons. The fourth-order valence-electron chi connectivity index (χ4n) is 3.71. The zero-order chi connectivity index (χ0) is 21.5. The normalized spacial score (nSPS) is 10.8. The highest BCUT2D eigenvalue weighted by molar-refractivity contribution is 5.85. The van der Waals surface area contributed by atoms with Gasteiger partial charge in [-0.3, -0.25) is 9.13 Å². The number of fused-ring (bicyclic) bond motifs is 1. The largest absolute Gasteiger partial charge is 0.489 e. The topological polar surface area (TPSA) is 51.4 Å². The zero-order valence-electron chi connectivity index (χ0n) is 19.5. The van der Waals surface area contributed by atoms with E-state index in [4.69, 9.17) is 4.74 Å². The van der Waals surface area contributed by atoms with Crippen LogP contribution in [0.15, 0.2) is 47.3 Å². The van der Waals surface area contributed by atoms with Crippen LogP contribution in [0.3, 0.4) is 0 Å². The lowest BCUT2D eigenvalue weighted by Crippen LogP contribution is -2.27. The average molecular weight is 483 g/mol. The number of nitrogens with zero attached hydrogens (tertiary/aromatic N) is 3. The Morgan fingerprint density at radius 3 is 2.19 bits per heavy atom. The van der Waals surface area contributed by atoms with Crippen molar-refractivity contribution in [2.24, 2.45) is 14.1 Å². The van der Waals surface area contributed by atoms with Crippen LogP contribution in [0, 0.1) is 0 Å². The number of rotatable bonds is 11. The number of halogens is 2. The van der Waals surface area contributed by atoms with E-state index in [2.05, 4.69) is 36.2 Å². The van der Waals surface area contributed by atoms with Gasteiger partial charge in [0.25, 0.3) is 0 Å². The third-order valence-electron chi connectivity index (χ3n) is 5.72. The summed E-state index contributed by atoms with van der Waals surface area (Å²) < 4.78 is 9.28. The monoisotopic (exact) mass is 482 g/mol. The second-order valence-corrected chi connectivity index (χ2v) is 7.71. The van der Waals surface area contributed by atoms with Crippen molar-refractivity contribution in [2.75, 3.05) is 26.2 Å². The zero-order valence-corrected chi connectivity index (χ0v) is 21.1. The minimum atomic E-state index is -0.0136. The van der Waals surface area contributed by atoms with Crippen molar-refractivity contribution in [3.8, 4) is 5.75 Å². The molecule has 178 valence electrons. The minimum absolute atomic E-state index is 0. The van der Waals surface area contributed by atoms with E-state index in [0.717, 1.165) is 55.1 Å². The lowest BCUT2D eigenvalue weighted by Gasteiger charge is -2.17. The second-order valence-electron chi connectivity index (χ2n) is 7.71. The van der Waals surface area contributed by atoms with Gasteiger partial charge in [0.1, 0.15) is 12.4 Å². The van der Waals surface area contributed by atoms with E-state index in [1.165, 1.54) is 12.0 Å². The molecule has 0 spiro atoms. The molecule has 0 atom stereocenters. The predicted molar refractivity (Wildman–Crippen MR) is 138 cm³/mol. The van der Waals surface area contributed by atoms with Gasteiger partial charge in [-0.15, -0.1) is 24.8 Å². The summed E-state index contributed by atoms with van der Waals surface area (Å²) in [5.41, 5.74) is 4.14.